The monoisotopic (exact) mass is 182 g/mol. The molecule has 0 saturated heterocycles. The van der Waals surface area contributed by atoms with Crippen LogP contribution >= 0.6 is 0 Å². The van der Waals surface area contributed by atoms with E-state index in [1.807, 2.05) is 12.3 Å². The van der Waals surface area contributed by atoms with Crippen LogP contribution in [0.2, 0.25) is 0 Å². The summed E-state index contributed by atoms with van der Waals surface area (Å²) in [6.45, 7) is 0.882. The van der Waals surface area contributed by atoms with Gasteiger partial charge in [0.1, 0.15) is 5.76 Å². The quantitative estimate of drug-likeness (QED) is 0.487. The van der Waals surface area contributed by atoms with Crippen molar-refractivity contribution in [3.05, 3.63) is 35.9 Å². The van der Waals surface area contributed by atoms with E-state index in [4.69, 9.17) is 9.94 Å². The van der Waals surface area contributed by atoms with Crippen LogP contribution in [-0.2, 0) is 4.74 Å². The molecule has 13 heavy (non-hydrogen) atoms. The molecular formula is C9H14N2O2. The summed E-state index contributed by atoms with van der Waals surface area (Å²) in [5, 5.41) is 10.5. The van der Waals surface area contributed by atoms with E-state index in [9.17, 15) is 0 Å². The van der Waals surface area contributed by atoms with Gasteiger partial charge in [0, 0.05) is 25.4 Å². The predicted octanol–water partition coefficient (Wildman–Crippen LogP) is 0.886. The Hall–Kier alpha value is -1.26. The summed E-state index contributed by atoms with van der Waals surface area (Å²) >= 11 is 0. The molecule has 4 heteroatoms. The van der Waals surface area contributed by atoms with Crippen molar-refractivity contribution in [3.8, 4) is 0 Å². The van der Waals surface area contributed by atoms with Crippen molar-refractivity contribution >= 4 is 0 Å². The Morgan fingerprint density at radius 3 is 3.08 bits per heavy atom. The average molecular weight is 182 g/mol. The zero-order chi connectivity index (χ0) is 9.52. The van der Waals surface area contributed by atoms with Crippen LogP contribution in [0.3, 0.4) is 0 Å². The minimum Gasteiger partial charge on any atom is -0.465 e. The molecule has 0 radical (unpaired) electrons. The molecule has 2 aliphatic heterocycles. The van der Waals surface area contributed by atoms with Crippen LogP contribution in [-0.4, -0.2) is 18.8 Å². The van der Waals surface area contributed by atoms with E-state index in [1.54, 1.807) is 11.7 Å². The van der Waals surface area contributed by atoms with Gasteiger partial charge >= 0.3 is 0 Å². The molecule has 0 saturated carbocycles. The highest BCUT2D eigenvalue weighted by Crippen LogP contribution is 2.21. The molecule has 4 nitrogen and oxygen atoms in total. The Kier molecular flexibility index (Phi) is 4.08. The highest BCUT2D eigenvalue weighted by atomic mass is 16.5. The standard InChI is InChI=1S/C8H9NO.CH5NO/c1-2-7-6-9-4-3-8(7)10-5-1;1-2-3/h1,3,5-6,9H,2,4H2;2-3H,1H3. The van der Waals surface area contributed by atoms with Crippen molar-refractivity contribution in [2.24, 2.45) is 0 Å². The van der Waals surface area contributed by atoms with Crippen molar-refractivity contribution < 1.29 is 9.94 Å². The zero-order valence-electron chi connectivity index (χ0n) is 7.58. The maximum Gasteiger partial charge on any atom is 0.129 e. The molecule has 2 aliphatic rings. The lowest BCUT2D eigenvalue weighted by Crippen LogP contribution is -2.14. The van der Waals surface area contributed by atoms with Gasteiger partial charge in [0.2, 0.25) is 0 Å². The normalized spacial score (nSPS) is 18.0. The van der Waals surface area contributed by atoms with Gasteiger partial charge in [-0.1, -0.05) is 0 Å². The molecule has 0 fully saturated rings. The number of dihydropyridines is 1. The summed E-state index contributed by atoms with van der Waals surface area (Å²) in [7, 11) is 1.43. The van der Waals surface area contributed by atoms with Gasteiger partial charge in [-0.15, -0.1) is 0 Å². The number of allylic oxidation sites excluding steroid dienone is 2. The second-order valence-electron chi connectivity index (χ2n) is 2.56. The van der Waals surface area contributed by atoms with Gasteiger partial charge in [-0.3, -0.25) is 0 Å². The van der Waals surface area contributed by atoms with Crippen LogP contribution in [0, 0.1) is 0 Å². The summed E-state index contributed by atoms with van der Waals surface area (Å²) in [5.41, 5.74) is 2.99. The highest BCUT2D eigenvalue weighted by Gasteiger charge is 2.10. The summed E-state index contributed by atoms with van der Waals surface area (Å²) in [6.07, 6.45) is 8.81. The number of fused-ring (bicyclic) bond motifs is 1. The molecule has 0 aliphatic carbocycles. The lowest BCUT2D eigenvalue weighted by molar-refractivity contribution is 0.194. The Balaban J connectivity index is 0.000000251. The molecule has 0 aromatic heterocycles. The van der Waals surface area contributed by atoms with Crippen LogP contribution in [0.5, 0.6) is 0 Å². The fourth-order valence-corrected chi connectivity index (χ4v) is 1.12. The summed E-state index contributed by atoms with van der Waals surface area (Å²) < 4.78 is 5.25. The Morgan fingerprint density at radius 2 is 2.38 bits per heavy atom. The largest absolute Gasteiger partial charge is 0.465 e. The van der Waals surface area contributed by atoms with Gasteiger partial charge in [0.15, 0.2) is 0 Å². The van der Waals surface area contributed by atoms with Crippen LogP contribution < -0.4 is 10.8 Å². The first kappa shape index (κ1) is 9.83. The summed E-state index contributed by atoms with van der Waals surface area (Å²) in [4.78, 5) is 0. The van der Waals surface area contributed by atoms with Crippen LogP contribution in [0.4, 0.5) is 0 Å². The van der Waals surface area contributed by atoms with Crippen molar-refractivity contribution in [2.75, 3.05) is 13.6 Å². The average Bonchev–Trinajstić information content (AvgIpc) is 2.19. The molecule has 0 aromatic rings. The number of rotatable bonds is 0. The van der Waals surface area contributed by atoms with Crippen molar-refractivity contribution in [1.29, 1.82) is 0 Å². The molecule has 3 N–H and O–H groups in total. The number of hydrogen-bond acceptors (Lipinski definition) is 4. The van der Waals surface area contributed by atoms with E-state index in [-0.39, 0.29) is 0 Å². The fraction of sp³-hybridized carbons (Fsp3) is 0.333. The number of hydrogen-bond donors (Lipinski definition) is 3. The van der Waals surface area contributed by atoms with Gasteiger partial charge in [0.05, 0.1) is 6.26 Å². The van der Waals surface area contributed by atoms with E-state index in [0.717, 1.165) is 18.7 Å². The first-order valence-electron chi connectivity index (χ1n) is 4.14. The first-order valence-corrected chi connectivity index (χ1v) is 4.14. The lowest BCUT2D eigenvalue weighted by atomic mass is 10.1. The van der Waals surface area contributed by atoms with E-state index in [1.165, 1.54) is 12.6 Å². The van der Waals surface area contributed by atoms with Gasteiger partial charge < -0.3 is 15.3 Å². The third-order valence-corrected chi connectivity index (χ3v) is 1.63. The molecule has 0 atom stereocenters. The van der Waals surface area contributed by atoms with Crippen molar-refractivity contribution in [2.45, 2.75) is 6.42 Å². The second kappa shape index (κ2) is 5.40. The topological polar surface area (TPSA) is 53.5 Å². The Morgan fingerprint density at radius 1 is 1.62 bits per heavy atom. The predicted molar refractivity (Wildman–Crippen MR) is 49.9 cm³/mol. The van der Waals surface area contributed by atoms with Crippen LogP contribution in [0.25, 0.3) is 0 Å². The number of nitrogens with one attached hydrogen (secondary N) is 2. The molecule has 0 unspecified atom stereocenters. The molecule has 0 spiro atoms. The van der Waals surface area contributed by atoms with Crippen molar-refractivity contribution in [1.82, 2.24) is 10.8 Å². The van der Waals surface area contributed by atoms with E-state index < -0.39 is 0 Å². The van der Waals surface area contributed by atoms with Gasteiger partial charge in [0.25, 0.3) is 0 Å². The molecule has 72 valence electrons. The van der Waals surface area contributed by atoms with Crippen LogP contribution in [0.15, 0.2) is 35.9 Å². The Labute approximate surface area is 77.5 Å². The zero-order valence-corrected chi connectivity index (χ0v) is 7.58. The molecule has 0 amide bonds. The van der Waals surface area contributed by atoms with E-state index in [0.29, 0.717) is 0 Å². The van der Waals surface area contributed by atoms with Crippen molar-refractivity contribution in [3.63, 3.8) is 0 Å². The smallest absolute Gasteiger partial charge is 0.129 e. The minimum atomic E-state index is 0.882. The molecule has 0 bridgehead atoms. The minimum absolute atomic E-state index is 0.882. The number of hydroxylamine groups is 1. The Bertz CT molecular complexity index is 220. The first-order chi connectivity index (χ1) is 6.38. The highest BCUT2D eigenvalue weighted by molar-refractivity contribution is 5.32. The lowest BCUT2D eigenvalue weighted by Gasteiger charge is -2.17. The molecular weight excluding hydrogens is 168 g/mol. The molecule has 0 aromatic carbocycles. The number of ether oxygens (including phenoxy) is 1. The maximum absolute atomic E-state index is 7.32. The summed E-state index contributed by atoms with van der Waals surface area (Å²) in [5.74, 6) is 1.02. The maximum atomic E-state index is 7.32. The van der Waals surface area contributed by atoms with Crippen LogP contribution in [0.1, 0.15) is 6.42 Å². The fourth-order valence-electron chi connectivity index (χ4n) is 1.12. The van der Waals surface area contributed by atoms with E-state index in [2.05, 4.69) is 11.4 Å². The van der Waals surface area contributed by atoms with Gasteiger partial charge in [-0.25, -0.2) is 5.48 Å². The van der Waals surface area contributed by atoms with Gasteiger partial charge in [-0.05, 0) is 18.6 Å². The second-order valence-corrected chi connectivity index (χ2v) is 2.56. The molecule has 2 heterocycles. The van der Waals surface area contributed by atoms with E-state index >= 15 is 0 Å². The third kappa shape index (κ3) is 2.93. The summed E-state index contributed by atoms with van der Waals surface area (Å²) in [6, 6.07) is 0. The van der Waals surface area contributed by atoms with Gasteiger partial charge in [-0.2, -0.15) is 0 Å². The molecule has 2 rings (SSSR count). The third-order valence-electron chi connectivity index (χ3n) is 1.63. The SMILES string of the molecule is C1=COC2=CCNC=C2C1.CNO.